The van der Waals surface area contributed by atoms with Crippen molar-refractivity contribution in [2.75, 3.05) is 6.54 Å². The summed E-state index contributed by atoms with van der Waals surface area (Å²) in [4.78, 5) is 0. The molecule has 0 rings (SSSR count). The molecule has 73 valence electrons. The molecular formula is C11H24N. The Morgan fingerprint density at radius 3 is 2.17 bits per heavy atom. The quantitative estimate of drug-likeness (QED) is 0.528. The highest BCUT2D eigenvalue weighted by Gasteiger charge is 1.90. The number of hydrogen-bond acceptors (Lipinski definition) is 1. The summed E-state index contributed by atoms with van der Waals surface area (Å²) in [6.07, 6.45) is 13.0. The summed E-state index contributed by atoms with van der Waals surface area (Å²) in [5, 5.41) is 0. The zero-order valence-electron chi connectivity index (χ0n) is 8.52. The van der Waals surface area contributed by atoms with E-state index in [4.69, 9.17) is 5.73 Å². The summed E-state index contributed by atoms with van der Waals surface area (Å²) in [5.41, 5.74) is 5.40. The van der Waals surface area contributed by atoms with Crippen molar-refractivity contribution in [1.82, 2.24) is 0 Å². The third-order valence-corrected chi connectivity index (χ3v) is 2.12. The summed E-state index contributed by atoms with van der Waals surface area (Å²) in [6.45, 7) is 3.11. The molecule has 0 atom stereocenters. The monoisotopic (exact) mass is 170 g/mol. The summed E-state index contributed by atoms with van der Waals surface area (Å²) in [6, 6.07) is 0. The van der Waals surface area contributed by atoms with E-state index in [1.54, 1.807) is 0 Å². The fraction of sp³-hybridized carbons (Fsp3) is 0.909. The van der Waals surface area contributed by atoms with Gasteiger partial charge >= 0.3 is 0 Å². The lowest BCUT2D eigenvalue weighted by Gasteiger charge is -1.99. The molecule has 2 N–H and O–H groups in total. The first-order chi connectivity index (χ1) is 5.91. The molecule has 1 radical (unpaired) electrons. The second-order valence-electron chi connectivity index (χ2n) is 3.42. The SMILES string of the molecule is CCCCCC[CH]CCCCN. The maximum atomic E-state index is 5.40. The average molecular weight is 170 g/mol. The second kappa shape index (κ2) is 11.0. The fourth-order valence-corrected chi connectivity index (χ4v) is 1.29. The summed E-state index contributed by atoms with van der Waals surface area (Å²) in [5.74, 6) is 0. The first-order valence-corrected chi connectivity index (χ1v) is 5.43. The van der Waals surface area contributed by atoms with Gasteiger partial charge in [0, 0.05) is 0 Å². The van der Waals surface area contributed by atoms with Crippen molar-refractivity contribution in [1.29, 1.82) is 0 Å². The van der Waals surface area contributed by atoms with Crippen molar-refractivity contribution in [2.45, 2.75) is 58.3 Å². The van der Waals surface area contributed by atoms with E-state index < -0.39 is 0 Å². The zero-order chi connectivity index (χ0) is 9.07. The van der Waals surface area contributed by atoms with E-state index in [1.165, 1.54) is 51.4 Å². The standard InChI is InChI=1S/C11H24N/c1-2-3-4-5-6-7-8-9-10-11-12/h7H,2-6,8-12H2,1H3. The molecule has 0 fully saturated rings. The van der Waals surface area contributed by atoms with Crippen LogP contribution in [0.1, 0.15) is 58.3 Å². The average Bonchev–Trinajstić information content (AvgIpc) is 2.10. The molecule has 0 bridgehead atoms. The van der Waals surface area contributed by atoms with E-state index in [0.717, 1.165) is 6.54 Å². The van der Waals surface area contributed by atoms with Crippen LogP contribution < -0.4 is 5.73 Å². The van der Waals surface area contributed by atoms with Crippen LogP contribution in [-0.4, -0.2) is 6.54 Å². The number of hydrogen-bond donors (Lipinski definition) is 1. The van der Waals surface area contributed by atoms with Gasteiger partial charge in [-0.1, -0.05) is 51.9 Å². The lowest BCUT2D eigenvalue weighted by atomic mass is 10.1. The van der Waals surface area contributed by atoms with Gasteiger partial charge in [0.25, 0.3) is 0 Å². The van der Waals surface area contributed by atoms with Crippen LogP contribution in [0, 0.1) is 6.42 Å². The highest BCUT2D eigenvalue weighted by Crippen LogP contribution is 2.07. The van der Waals surface area contributed by atoms with Crippen molar-refractivity contribution in [2.24, 2.45) is 5.73 Å². The van der Waals surface area contributed by atoms with Gasteiger partial charge in [0.15, 0.2) is 0 Å². The predicted molar refractivity (Wildman–Crippen MR) is 56.0 cm³/mol. The van der Waals surface area contributed by atoms with Crippen LogP contribution in [0.25, 0.3) is 0 Å². The van der Waals surface area contributed by atoms with Gasteiger partial charge in [0.05, 0.1) is 0 Å². The molecule has 0 aromatic rings. The molecular weight excluding hydrogens is 146 g/mol. The lowest BCUT2D eigenvalue weighted by molar-refractivity contribution is 0.637. The van der Waals surface area contributed by atoms with Gasteiger partial charge in [-0.2, -0.15) is 0 Å². The molecule has 0 heterocycles. The molecule has 0 saturated carbocycles. The number of rotatable bonds is 9. The minimum absolute atomic E-state index is 0.851. The van der Waals surface area contributed by atoms with Gasteiger partial charge in [-0.3, -0.25) is 0 Å². The Kier molecular flexibility index (Phi) is 10.9. The van der Waals surface area contributed by atoms with Crippen molar-refractivity contribution in [3.8, 4) is 0 Å². The normalized spacial score (nSPS) is 10.5. The molecule has 0 aromatic carbocycles. The summed E-state index contributed by atoms with van der Waals surface area (Å²) in [7, 11) is 0. The van der Waals surface area contributed by atoms with E-state index in [9.17, 15) is 0 Å². The Morgan fingerprint density at radius 2 is 1.58 bits per heavy atom. The predicted octanol–water partition coefficient (Wildman–Crippen LogP) is 3.29. The van der Waals surface area contributed by atoms with Crippen LogP contribution in [0.5, 0.6) is 0 Å². The van der Waals surface area contributed by atoms with Crippen LogP contribution in [0.15, 0.2) is 0 Å². The Hall–Kier alpha value is -0.0400. The smallest absolute Gasteiger partial charge is 0.00773 e. The first-order valence-electron chi connectivity index (χ1n) is 5.43. The molecule has 12 heavy (non-hydrogen) atoms. The molecule has 0 amide bonds. The molecule has 0 aliphatic rings. The second-order valence-corrected chi connectivity index (χ2v) is 3.42. The molecule has 0 aliphatic carbocycles. The van der Waals surface area contributed by atoms with Crippen LogP contribution in [0.3, 0.4) is 0 Å². The van der Waals surface area contributed by atoms with E-state index in [1.807, 2.05) is 0 Å². The first kappa shape index (κ1) is 12.0. The molecule has 1 heteroatoms. The van der Waals surface area contributed by atoms with E-state index in [2.05, 4.69) is 13.3 Å². The Bertz CT molecular complexity index is 61.4. The van der Waals surface area contributed by atoms with Gasteiger partial charge < -0.3 is 5.73 Å². The minimum atomic E-state index is 0.851. The Labute approximate surface area is 77.7 Å². The topological polar surface area (TPSA) is 26.0 Å². The highest BCUT2D eigenvalue weighted by molar-refractivity contribution is 4.64. The van der Waals surface area contributed by atoms with Crippen LogP contribution in [0.4, 0.5) is 0 Å². The Balaban J connectivity index is 2.73. The van der Waals surface area contributed by atoms with E-state index in [-0.39, 0.29) is 0 Å². The third-order valence-electron chi connectivity index (χ3n) is 2.12. The number of unbranched alkanes of at least 4 members (excludes halogenated alkanes) is 8. The molecule has 0 aromatic heterocycles. The van der Waals surface area contributed by atoms with Crippen LogP contribution in [0.2, 0.25) is 0 Å². The lowest BCUT2D eigenvalue weighted by Crippen LogP contribution is -1.97. The Morgan fingerprint density at radius 1 is 0.917 bits per heavy atom. The molecule has 0 spiro atoms. The van der Waals surface area contributed by atoms with Gasteiger partial charge in [0.2, 0.25) is 0 Å². The molecule has 0 aliphatic heterocycles. The molecule has 0 saturated heterocycles. The van der Waals surface area contributed by atoms with Crippen LogP contribution >= 0.6 is 0 Å². The zero-order valence-corrected chi connectivity index (χ0v) is 8.52. The van der Waals surface area contributed by atoms with Gasteiger partial charge in [-0.05, 0) is 19.4 Å². The summed E-state index contributed by atoms with van der Waals surface area (Å²) < 4.78 is 0. The number of nitrogens with two attached hydrogens (primary N) is 1. The van der Waals surface area contributed by atoms with Gasteiger partial charge in [-0.25, -0.2) is 0 Å². The highest BCUT2D eigenvalue weighted by atomic mass is 14.5. The summed E-state index contributed by atoms with van der Waals surface area (Å²) >= 11 is 0. The van der Waals surface area contributed by atoms with Crippen molar-refractivity contribution >= 4 is 0 Å². The third kappa shape index (κ3) is 9.96. The largest absolute Gasteiger partial charge is 0.330 e. The fourth-order valence-electron chi connectivity index (χ4n) is 1.29. The molecule has 1 nitrogen and oxygen atoms in total. The van der Waals surface area contributed by atoms with E-state index >= 15 is 0 Å². The van der Waals surface area contributed by atoms with Crippen molar-refractivity contribution in [3.63, 3.8) is 0 Å². The van der Waals surface area contributed by atoms with Crippen molar-refractivity contribution < 1.29 is 0 Å². The van der Waals surface area contributed by atoms with Crippen molar-refractivity contribution in [3.05, 3.63) is 6.42 Å². The van der Waals surface area contributed by atoms with Gasteiger partial charge in [-0.15, -0.1) is 0 Å². The maximum absolute atomic E-state index is 5.40. The van der Waals surface area contributed by atoms with E-state index in [0.29, 0.717) is 0 Å². The maximum Gasteiger partial charge on any atom is -0.00773 e. The van der Waals surface area contributed by atoms with Gasteiger partial charge in [0.1, 0.15) is 0 Å². The minimum Gasteiger partial charge on any atom is -0.330 e. The van der Waals surface area contributed by atoms with Crippen LogP contribution in [-0.2, 0) is 0 Å². The molecule has 0 unspecified atom stereocenters.